The fraction of sp³-hybridized carbons (Fsp3) is 0. The number of anilines is 1. The zero-order valence-electron chi connectivity index (χ0n) is 9.14. The molecule has 0 saturated carbocycles. The van der Waals surface area contributed by atoms with E-state index in [9.17, 15) is 0 Å². The normalized spacial score (nSPS) is 10.5. The second kappa shape index (κ2) is 3.50. The van der Waals surface area contributed by atoms with E-state index in [1.165, 1.54) is 0 Å². The lowest BCUT2D eigenvalue weighted by molar-refractivity contribution is 1.50. The van der Waals surface area contributed by atoms with Crippen LogP contribution in [0.1, 0.15) is 5.56 Å². The Labute approximate surface area is 98.9 Å². The van der Waals surface area contributed by atoms with E-state index in [-0.39, 0.29) is 0 Å². The molecule has 2 heteroatoms. The van der Waals surface area contributed by atoms with E-state index in [0.29, 0.717) is 5.56 Å². The van der Waals surface area contributed by atoms with Crippen LogP contribution < -0.4 is 5.73 Å². The Hall–Kier alpha value is -2.53. The highest BCUT2D eigenvalue weighted by molar-refractivity contribution is 6.01. The van der Waals surface area contributed by atoms with Gasteiger partial charge in [-0.25, -0.2) is 0 Å². The number of rotatable bonds is 0. The Morgan fingerprint density at radius 1 is 0.882 bits per heavy atom. The number of nitrogen functional groups attached to an aromatic ring is 1. The van der Waals surface area contributed by atoms with Crippen LogP contribution in [0.2, 0.25) is 0 Å². The number of hydrogen-bond donors (Lipinski definition) is 1. The maximum Gasteiger partial charge on any atom is 0.0998 e. The molecule has 0 amide bonds. The van der Waals surface area contributed by atoms with Gasteiger partial charge in [-0.15, -0.1) is 0 Å². The van der Waals surface area contributed by atoms with Gasteiger partial charge < -0.3 is 5.73 Å². The summed E-state index contributed by atoms with van der Waals surface area (Å²) in [5.41, 5.74) is 7.22. The lowest BCUT2D eigenvalue weighted by Gasteiger charge is -2.04. The first-order valence-electron chi connectivity index (χ1n) is 5.40. The highest BCUT2D eigenvalue weighted by atomic mass is 14.5. The maximum absolute atomic E-state index is 9.09. The van der Waals surface area contributed by atoms with Crippen molar-refractivity contribution in [2.24, 2.45) is 0 Å². The van der Waals surface area contributed by atoms with Gasteiger partial charge in [0.25, 0.3) is 0 Å². The first-order valence-corrected chi connectivity index (χ1v) is 5.40. The summed E-state index contributed by atoms with van der Waals surface area (Å²) in [6, 6.07) is 17.9. The zero-order chi connectivity index (χ0) is 11.8. The molecule has 17 heavy (non-hydrogen) atoms. The summed E-state index contributed by atoms with van der Waals surface area (Å²) in [7, 11) is 0. The lowest BCUT2D eigenvalue weighted by Crippen LogP contribution is -1.85. The second-order valence-corrected chi connectivity index (χ2v) is 4.10. The van der Waals surface area contributed by atoms with Crippen LogP contribution in [0.25, 0.3) is 21.5 Å². The van der Waals surface area contributed by atoms with Crippen molar-refractivity contribution in [3.63, 3.8) is 0 Å². The summed E-state index contributed by atoms with van der Waals surface area (Å²) in [4.78, 5) is 0. The van der Waals surface area contributed by atoms with E-state index in [4.69, 9.17) is 11.0 Å². The van der Waals surface area contributed by atoms with E-state index >= 15 is 0 Å². The number of nitrogens with zero attached hydrogens (tertiary/aromatic N) is 1. The zero-order valence-corrected chi connectivity index (χ0v) is 9.14. The van der Waals surface area contributed by atoms with Crippen LogP contribution in [0, 0.1) is 11.3 Å². The van der Waals surface area contributed by atoms with Gasteiger partial charge in [-0.1, -0.05) is 18.2 Å². The van der Waals surface area contributed by atoms with Crippen molar-refractivity contribution in [2.75, 3.05) is 5.73 Å². The van der Waals surface area contributed by atoms with Gasteiger partial charge in [0, 0.05) is 11.1 Å². The molecule has 3 aromatic carbocycles. The molecule has 0 fully saturated rings. The Morgan fingerprint density at radius 2 is 1.76 bits per heavy atom. The topological polar surface area (TPSA) is 49.8 Å². The quantitative estimate of drug-likeness (QED) is 0.464. The van der Waals surface area contributed by atoms with Gasteiger partial charge in [0.15, 0.2) is 0 Å². The van der Waals surface area contributed by atoms with Crippen molar-refractivity contribution in [2.45, 2.75) is 0 Å². The highest BCUT2D eigenvalue weighted by Gasteiger charge is 2.02. The molecule has 0 bridgehead atoms. The summed E-state index contributed by atoms with van der Waals surface area (Å²) in [6.45, 7) is 0. The summed E-state index contributed by atoms with van der Waals surface area (Å²) in [6.07, 6.45) is 0. The second-order valence-electron chi connectivity index (χ2n) is 4.10. The van der Waals surface area contributed by atoms with Gasteiger partial charge in [0.05, 0.1) is 11.6 Å². The molecule has 0 aromatic heterocycles. The van der Waals surface area contributed by atoms with Gasteiger partial charge in [-0.05, 0) is 46.5 Å². The molecule has 3 rings (SSSR count). The van der Waals surface area contributed by atoms with Gasteiger partial charge in [-0.2, -0.15) is 5.26 Å². The molecule has 0 radical (unpaired) electrons. The van der Waals surface area contributed by atoms with Crippen molar-refractivity contribution in [3.8, 4) is 6.07 Å². The van der Waals surface area contributed by atoms with Crippen LogP contribution in [0.4, 0.5) is 5.69 Å². The van der Waals surface area contributed by atoms with Crippen LogP contribution in [-0.2, 0) is 0 Å². The van der Waals surface area contributed by atoms with Crippen molar-refractivity contribution >= 4 is 27.2 Å². The van der Waals surface area contributed by atoms with Gasteiger partial charge in [0.2, 0.25) is 0 Å². The maximum atomic E-state index is 9.09. The minimum Gasteiger partial charge on any atom is -0.399 e. The Bertz CT molecular complexity index is 767. The fourth-order valence-electron chi connectivity index (χ4n) is 2.14. The van der Waals surface area contributed by atoms with Crippen molar-refractivity contribution < 1.29 is 0 Å². The molecule has 0 aliphatic heterocycles. The monoisotopic (exact) mass is 218 g/mol. The van der Waals surface area contributed by atoms with Crippen LogP contribution >= 0.6 is 0 Å². The molecule has 0 unspecified atom stereocenters. The molecule has 0 atom stereocenters. The van der Waals surface area contributed by atoms with Crippen LogP contribution in [-0.4, -0.2) is 0 Å². The molecular formula is C15H10N2. The van der Waals surface area contributed by atoms with Crippen molar-refractivity contribution in [3.05, 3.63) is 54.1 Å². The number of nitriles is 1. The SMILES string of the molecule is N#Cc1cccc2cc3ccc(N)cc3cc12. The van der Waals surface area contributed by atoms with E-state index in [2.05, 4.69) is 12.1 Å². The molecule has 2 nitrogen and oxygen atoms in total. The molecule has 0 heterocycles. The fourth-order valence-corrected chi connectivity index (χ4v) is 2.14. The minimum absolute atomic E-state index is 0.701. The predicted octanol–water partition coefficient (Wildman–Crippen LogP) is 3.45. The average Bonchev–Trinajstić information content (AvgIpc) is 2.35. The van der Waals surface area contributed by atoms with Crippen LogP contribution in [0.3, 0.4) is 0 Å². The van der Waals surface area contributed by atoms with Crippen LogP contribution in [0.5, 0.6) is 0 Å². The van der Waals surface area contributed by atoms with Gasteiger partial charge in [-0.3, -0.25) is 0 Å². The molecular weight excluding hydrogens is 208 g/mol. The summed E-state index contributed by atoms with van der Waals surface area (Å²) < 4.78 is 0. The summed E-state index contributed by atoms with van der Waals surface area (Å²) >= 11 is 0. The Kier molecular flexibility index (Phi) is 1.99. The molecule has 0 aliphatic rings. The molecule has 0 aliphatic carbocycles. The summed E-state index contributed by atoms with van der Waals surface area (Å²) in [5.74, 6) is 0. The number of fused-ring (bicyclic) bond motifs is 2. The average molecular weight is 218 g/mol. The van der Waals surface area contributed by atoms with E-state index in [1.807, 2.05) is 42.5 Å². The smallest absolute Gasteiger partial charge is 0.0998 e. The van der Waals surface area contributed by atoms with Gasteiger partial charge in [0.1, 0.15) is 0 Å². The van der Waals surface area contributed by atoms with E-state index in [0.717, 1.165) is 27.2 Å². The molecule has 0 saturated heterocycles. The molecule has 0 spiro atoms. The Balaban J connectivity index is 2.49. The predicted molar refractivity (Wildman–Crippen MR) is 70.6 cm³/mol. The highest BCUT2D eigenvalue weighted by Crippen LogP contribution is 2.26. The minimum atomic E-state index is 0.701. The lowest BCUT2D eigenvalue weighted by atomic mass is 10.00. The number of benzene rings is 3. The standard InChI is InChI=1S/C15H10N2/c16-9-12-3-1-2-11-6-10-4-5-14(17)7-13(10)8-15(11)12/h1-8H,17H2. The third kappa shape index (κ3) is 1.49. The van der Waals surface area contributed by atoms with Crippen molar-refractivity contribution in [1.82, 2.24) is 0 Å². The van der Waals surface area contributed by atoms with Gasteiger partial charge >= 0.3 is 0 Å². The van der Waals surface area contributed by atoms with E-state index in [1.54, 1.807) is 0 Å². The first kappa shape index (κ1) is 9.68. The summed E-state index contributed by atoms with van der Waals surface area (Å²) in [5, 5.41) is 13.4. The van der Waals surface area contributed by atoms with E-state index < -0.39 is 0 Å². The molecule has 3 aromatic rings. The van der Waals surface area contributed by atoms with Crippen LogP contribution in [0.15, 0.2) is 48.5 Å². The van der Waals surface area contributed by atoms with Crippen molar-refractivity contribution in [1.29, 1.82) is 5.26 Å². The third-order valence-corrected chi connectivity index (χ3v) is 2.98. The molecule has 80 valence electrons. The Morgan fingerprint density at radius 3 is 2.59 bits per heavy atom. The first-order chi connectivity index (χ1) is 8.28. The number of nitrogens with two attached hydrogens (primary N) is 1. The third-order valence-electron chi connectivity index (χ3n) is 2.98. The number of hydrogen-bond acceptors (Lipinski definition) is 2. The largest absolute Gasteiger partial charge is 0.399 e. The molecule has 2 N–H and O–H groups in total.